The number of aromatic nitrogens is 1. The highest BCUT2D eigenvalue weighted by atomic mass is 35.5. The number of pyridine rings is 1. The number of rotatable bonds is 4. The van der Waals surface area contributed by atoms with E-state index in [1.54, 1.807) is 48.7 Å². The fraction of sp³-hybridized carbons (Fsp3) is 0.0526. The van der Waals surface area contributed by atoms with Crippen molar-refractivity contribution in [2.24, 2.45) is 0 Å². The summed E-state index contributed by atoms with van der Waals surface area (Å²) in [6.07, 6.45) is 1.58. The van der Waals surface area contributed by atoms with Crippen molar-refractivity contribution >= 4 is 46.3 Å². The second kappa shape index (κ2) is 7.55. The summed E-state index contributed by atoms with van der Waals surface area (Å²) in [5.41, 5.74) is 2.97. The molecule has 2 aromatic carbocycles. The van der Waals surface area contributed by atoms with Crippen LogP contribution in [-0.2, 0) is 0 Å². The highest BCUT2D eigenvalue weighted by molar-refractivity contribution is 6.35. The predicted molar refractivity (Wildman–Crippen MR) is 103 cm³/mol. The Bertz CT molecular complexity index is 894. The number of aryl methyl sites for hydroxylation is 1. The van der Waals surface area contributed by atoms with E-state index in [2.05, 4.69) is 15.6 Å². The molecule has 3 rings (SSSR count). The van der Waals surface area contributed by atoms with Gasteiger partial charge in [-0.3, -0.25) is 4.79 Å². The maximum atomic E-state index is 12.2. The summed E-state index contributed by atoms with van der Waals surface area (Å²) in [6, 6.07) is 16.0. The standard InChI is InChI=1S/C19H15Cl2N3O/c1-12-2-4-13(5-3-12)19(25)23-15-7-9-18(22-11-15)24-17-10-14(20)6-8-16(17)21/h2-11H,1H3,(H,22,24)(H,23,25). The molecule has 0 saturated heterocycles. The van der Waals surface area contributed by atoms with E-state index in [0.717, 1.165) is 5.56 Å². The Labute approximate surface area is 155 Å². The molecule has 0 saturated carbocycles. The van der Waals surface area contributed by atoms with Crippen molar-refractivity contribution in [1.82, 2.24) is 4.98 Å². The highest BCUT2D eigenvalue weighted by Gasteiger charge is 2.07. The van der Waals surface area contributed by atoms with E-state index in [-0.39, 0.29) is 5.91 Å². The molecule has 1 heterocycles. The zero-order chi connectivity index (χ0) is 17.8. The van der Waals surface area contributed by atoms with Gasteiger partial charge in [0, 0.05) is 10.6 Å². The lowest BCUT2D eigenvalue weighted by Gasteiger charge is -2.09. The molecule has 126 valence electrons. The van der Waals surface area contributed by atoms with Crippen LogP contribution in [0.15, 0.2) is 60.8 Å². The van der Waals surface area contributed by atoms with E-state index in [1.807, 2.05) is 19.1 Å². The Kier molecular flexibility index (Phi) is 5.22. The van der Waals surface area contributed by atoms with Crippen molar-refractivity contribution in [3.8, 4) is 0 Å². The van der Waals surface area contributed by atoms with Gasteiger partial charge in [-0.05, 0) is 49.4 Å². The number of halogens is 2. The number of hydrogen-bond acceptors (Lipinski definition) is 3. The molecule has 0 unspecified atom stereocenters. The molecule has 1 amide bonds. The Balaban J connectivity index is 1.68. The summed E-state index contributed by atoms with van der Waals surface area (Å²) in [7, 11) is 0. The maximum Gasteiger partial charge on any atom is 0.255 e. The first-order valence-corrected chi connectivity index (χ1v) is 8.33. The zero-order valence-corrected chi connectivity index (χ0v) is 14.9. The fourth-order valence-electron chi connectivity index (χ4n) is 2.18. The van der Waals surface area contributed by atoms with Gasteiger partial charge in [-0.15, -0.1) is 0 Å². The van der Waals surface area contributed by atoms with Gasteiger partial charge in [0.1, 0.15) is 5.82 Å². The van der Waals surface area contributed by atoms with Gasteiger partial charge in [-0.2, -0.15) is 0 Å². The number of anilines is 3. The van der Waals surface area contributed by atoms with Crippen LogP contribution < -0.4 is 10.6 Å². The molecule has 0 radical (unpaired) electrons. The maximum absolute atomic E-state index is 12.2. The van der Waals surface area contributed by atoms with Gasteiger partial charge in [0.15, 0.2) is 0 Å². The molecule has 0 aliphatic rings. The third-order valence-corrected chi connectivity index (χ3v) is 4.09. The van der Waals surface area contributed by atoms with Crippen LogP contribution in [0.3, 0.4) is 0 Å². The molecule has 0 atom stereocenters. The summed E-state index contributed by atoms with van der Waals surface area (Å²) in [5.74, 6) is 0.415. The van der Waals surface area contributed by atoms with Crippen molar-refractivity contribution < 1.29 is 4.79 Å². The number of amides is 1. The Morgan fingerprint density at radius 1 is 1.00 bits per heavy atom. The summed E-state index contributed by atoms with van der Waals surface area (Å²) in [6.45, 7) is 1.98. The molecule has 25 heavy (non-hydrogen) atoms. The first-order chi connectivity index (χ1) is 12.0. The fourth-order valence-corrected chi connectivity index (χ4v) is 2.52. The van der Waals surface area contributed by atoms with Crippen LogP contribution in [0.25, 0.3) is 0 Å². The summed E-state index contributed by atoms with van der Waals surface area (Å²) in [5, 5.41) is 7.03. The zero-order valence-electron chi connectivity index (χ0n) is 13.4. The quantitative estimate of drug-likeness (QED) is 0.618. The molecule has 4 nitrogen and oxygen atoms in total. The van der Waals surface area contributed by atoms with Crippen LogP contribution in [0.1, 0.15) is 15.9 Å². The van der Waals surface area contributed by atoms with E-state index >= 15 is 0 Å². The summed E-state index contributed by atoms with van der Waals surface area (Å²) in [4.78, 5) is 16.5. The van der Waals surface area contributed by atoms with Gasteiger partial charge in [0.05, 0.1) is 22.6 Å². The van der Waals surface area contributed by atoms with Crippen LogP contribution >= 0.6 is 23.2 Å². The topological polar surface area (TPSA) is 54.0 Å². The van der Waals surface area contributed by atoms with Crippen LogP contribution in [0.2, 0.25) is 10.0 Å². The van der Waals surface area contributed by atoms with E-state index < -0.39 is 0 Å². The minimum absolute atomic E-state index is 0.180. The van der Waals surface area contributed by atoms with Gasteiger partial charge >= 0.3 is 0 Å². The van der Waals surface area contributed by atoms with Gasteiger partial charge < -0.3 is 10.6 Å². The monoisotopic (exact) mass is 371 g/mol. The first kappa shape index (κ1) is 17.3. The largest absolute Gasteiger partial charge is 0.339 e. The molecule has 0 spiro atoms. The van der Waals surface area contributed by atoms with Crippen LogP contribution in [-0.4, -0.2) is 10.9 Å². The second-order valence-electron chi connectivity index (χ2n) is 5.50. The van der Waals surface area contributed by atoms with Crippen molar-refractivity contribution in [2.45, 2.75) is 6.92 Å². The van der Waals surface area contributed by atoms with Gasteiger partial charge in [-0.1, -0.05) is 40.9 Å². The minimum atomic E-state index is -0.180. The highest BCUT2D eigenvalue weighted by Crippen LogP contribution is 2.28. The van der Waals surface area contributed by atoms with Crippen LogP contribution in [0.4, 0.5) is 17.2 Å². The molecule has 2 N–H and O–H groups in total. The summed E-state index contributed by atoms with van der Waals surface area (Å²) >= 11 is 12.1. The normalized spacial score (nSPS) is 10.4. The van der Waals surface area contributed by atoms with E-state index in [0.29, 0.717) is 32.8 Å². The van der Waals surface area contributed by atoms with Crippen molar-refractivity contribution in [3.05, 3.63) is 82.0 Å². The SMILES string of the molecule is Cc1ccc(C(=O)Nc2ccc(Nc3cc(Cl)ccc3Cl)nc2)cc1. The van der Waals surface area contributed by atoms with Crippen LogP contribution in [0.5, 0.6) is 0 Å². The third-order valence-electron chi connectivity index (χ3n) is 3.53. The smallest absolute Gasteiger partial charge is 0.255 e. The predicted octanol–water partition coefficient (Wildman–Crippen LogP) is 5.69. The number of benzene rings is 2. The van der Waals surface area contributed by atoms with E-state index in [1.165, 1.54) is 0 Å². The minimum Gasteiger partial charge on any atom is -0.339 e. The Morgan fingerprint density at radius 2 is 1.76 bits per heavy atom. The number of carbonyl (C=O) groups excluding carboxylic acids is 1. The first-order valence-electron chi connectivity index (χ1n) is 7.57. The third kappa shape index (κ3) is 4.50. The number of carbonyl (C=O) groups is 1. The second-order valence-corrected chi connectivity index (χ2v) is 6.35. The molecule has 6 heteroatoms. The Morgan fingerprint density at radius 3 is 2.44 bits per heavy atom. The molecular formula is C19H15Cl2N3O. The van der Waals surface area contributed by atoms with Gasteiger partial charge in [0.25, 0.3) is 5.91 Å². The summed E-state index contributed by atoms with van der Waals surface area (Å²) < 4.78 is 0. The lowest BCUT2D eigenvalue weighted by atomic mass is 10.1. The van der Waals surface area contributed by atoms with Gasteiger partial charge in [0.2, 0.25) is 0 Å². The molecule has 0 aliphatic heterocycles. The average Bonchev–Trinajstić information content (AvgIpc) is 2.60. The number of nitrogens with one attached hydrogen (secondary N) is 2. The average molecular weight is 372 g/mol. The molecule has 0 bridgehead atoms. The lowest BCUT2D eigenvalue weighted by molar-refractivity contribution is 0.102. The number of hydrogen-bond donors (Lipinski definition) is 2. The molecule has 3 aromatic rings. The lowest BCUT2D eigenvalue weighted by Crippen LogP contribution is -2.12. The van der Waals surface area contributed by atoms with Crippen molar-refractivity contribution in [1.29, 1.82) is 0 Å². The Hall–Kier alpha value is -2.56. The molecule has 1 aromatic heterocycles. The van der Waals surface area contributed by atoms with Crippen molar-refractivity contribution in [2.75, 3.05) is 10.6 Å². The molecular weight excluding hydrogens is 357 g/mol. The van der Waals surface area contributed by atoms with Crippen molar-refractivity contribution in [3.63, 3.8) is 0 Å². The molecule has 0 aliphatic carbocycles. The molecule has 0 fully saturated rings. The van der Waals surface area contributed by atoms with Gasteiger partial charge in [-0.25, -0.2) is 4.98 Å². The van der Waals surface area contributed by atoms with E-state index in [4.69, 9.17) is 23.2 Å². The van der Waals surface area contributed by atoms with Crippen LogP contribution in [0, 0.1) is 6.92 Å². The van der Waals surface area contributed by atoms with E-state index in [9.17, 15) is 4.79 Å². The number of nitrogens with zero attached hydrogens (tertiary/aromatic N) is 1.